The van der Waals surface area contributed by atoms with E-state index in [4.69, 9.17) is 28.6 Å². The summed E-state index contributed by atoms with van der Waals surface area (Å²) in [5.74, 6) is 1.31. The van der Waals surface area contributed by atoms with Gasteiger partial charge >= 0.3 is 0 Å². The van der Waals surface area contributed by atoms with Gasteiger partial charge in [-0.2, -0.15) is 0 Å². The summed E-state index contributed by atoms with van der Waals surface area (Å²) in [6.45, 7) is 7.75. The second-order valence-electron chi connectivity index (χ2n) is 9.79. The van der Waals surface area contributed by atoms with Crippen LogP contribution in [0.5, 0.6) is 5.75 Å². The van der Waals surface area contributed by atoms with Crippen molar-refractivity contribution in [2.45, 2.75) is 71.4 Å². The molecule has 184 valence electrons. The molecule has 4 rings (SSSR count). The van der Waals surface area contributed by atoms with E-state index in [1.54, 1.807) is 7.11 Å². The van der Waals surface area contributed by atoms with Crippen LogP contribution in [0.15, 0.2) is 36.4 Å². The van der Waals surface area contributed by atoms with E-state index in [2.05, 4.69) is 47.2 Å². The number of nitrogens with one attached hydrogen (secondary N) is 1. The molecule has 0 aromatic heterocycles. The summed E-state index contributed by atoms with van der Waals surface area (Å²) in [5.41, 5.74) is 5.08. The molecule has 1 N–H and O–H groups in total. The fourth-order valence-corrected chi connectivity index (χ4v) is 6.05. The molecule has 0 saturated heterocycles. The Balaban J connectivity index is 1.59. The molecule has 2 aromatic rings. The summed E-state index contributed by atoms with van der Waals surface area (Å²) in [4.78, 5) is 4.96. The van der Waals surface area contributed by atoms with Crippen molar-refractivity contribution in [2.24, 2.45) is 5.92 Å². The van der Waals surface area contributed by atoms with Gasteiger partial charge in [0.2, 0.25) is 0 Å². The summed E-state index contributed by atoms with van der Waals surface area (Å²) in [6.07, 6.45) is 8.57. The maximum atomic E-state index is 6.18. The number of methoxy groups -OCH3 is 1. The van der Waals surface area contributed by atoms with Crippen LogP contribution in [-0.2, 0) is 13.0 Å². The van der Waals surface area contributed by atoms with E-state index in [0.29, 0.717) is 22.7 Å². The number of anilines is 2. The Morgan fingerprint density at radius 2 is 2.00 bits per heavy atom. The average molecular weight is 500 g/mol. The van der Waals surface area contributed by atoms with E-state index in [0.717, 1.165) is 30.3 Å². The number of fused-ring (bicyclic) bond motifs is 1. The maximum Gasteiger partial charge on any atom is 0.174 e. The molecule has 2 atom stereocenters. The molecule has 2 aliphatic rings. The summed E-state index contributed by atoms with van der Waals surface area (Å²) in [7, 11) is 1.66. The van der Waals surface area contributed by atoms with E-state index < -0.39 is 0 Å². The van der Waals surface area contributed by atoms with Gasteiger partial charge in [-0.1, -0.05) is 50.4 Å². The van der Waals surface area contributed by atoms with Crippen LogP contribution in [0.25, 0.3) is 0 Å². The molecule has 1 aliphatic heterocycles. The second kappa shape index (κ2) is 11.6. The number of benzene rings is 2. The van der Waals surface area contributed by atoms with Crippen LogP contribution in [-0.4, -0.2) is 36.3 Å². The summed E-state index contributed by atoms with van der Waals surface area (Å²) in [6, 6.07) is 13.1. The summed E-state index contributed by atoms with van der Waals surface area (Å²) < 4.78 is 5.55. The van der Waals surface area contributed by atoms with E-state index in [-0.39, 0.29) is 0 Å². The quantitative estimate of drug-likeness (QED) is 0.404. The van der Waals surface area contributed by atoms with Crippen LogP contribution >= 0.6 is 23.8 Å². The van der Waals surface area contributed by atoms with Crippen molar-refractivity contribution in [1.82, 2.24) is 4.90 Å². The first-order valence-electron chi connectivity index (χ1n) is 12.8. The van der Waals surface area contributed by atoms with Crippen molar-refractivity contribution < 1.29 is 4.74 Å². The Morgan fingerprint density at radius 1 is 1.18 bits per heavy atom. The predicted octanol–water partition coefficient (Wildman–Crippen LogP) is 7.29. The Bertz CT molecular complexity index is 998. The highest BCUT2D eigenvalue weighted by atomic mass is 35.5. The monoisotopic (exact) mass is 499 g/mol. The Hall–Kier alpha value is -1.98. The van der Waals surface area contributed by atoms with Crippen LogP contribution in [0.4, 0.5) is 11.4 Å². The topological polar surface area (TPSA) is 27.7 Å². The van der Waals surface area contributed by atoms with Gasteiger partial charge in [-0.3, -0.25) is 0 Å². The van der Waals surface area contributed by atoms with Crippen molar-refractivity contribution in [3.05, 3.63) is 52.5 Å². The number of aryl methyl sites for hydroxylation is 1. The van der Waals surface area contributed by atoms with Crippen LogP contribution in [0, 0.1) is 5.92 Å². The minimum Gasteiger partial charge on any atom is -0.495 e. The molecule has 1 saturated carbocycles. The predicted molar refractivity (Wildman–Crippen MR) is 148 cm³/mol. The number of thiocarbonyl (C=S) groups is 1. The van der Waals surface area contributed by atoms with Crippen molar-refractivity contribution in [2.75, 3.05) is 30.4 Å². The Kier molecular flexibility index (Phi) is 8.60. The Labute approximate surface area is 215 Å². The zero-order valence-electron chi connectivity index (χ0n) is 20.8. The number of rotatable bonds is 7. The average Bonchev–Trinajstić information content (AvgIpc) is 2.84. The van der Waals surface area contributed by atoms with Gasteiger partial charge in [-0.15, -0.1) is 0 Å². The highest BCUT2D eigenvalue weighted by molar-refractivity contribution is 7.80. The van der Waals surface area contributed by atoms with Gasteiger partial charge in [-0.05, 0) is 79.6 Å². The lowest BCUT2D eigenvalue weighted by molar-refractivity contribution is 0.177. The number of hydrogen-bond acceptors (Lipinski definition) is 3. The number of nitrogens with zero attached hydrogens (tertiary/aromatic N) is 2. The lowest BCUT2D eigenvalue weighted by Gasteiger charge is -2.40. The van der Waals surface area contributed by atoms with Crippen LogP contribution in [0.1, 0.15) is 63.5 Å². The van der Waals surface area contributed by atoms with Gasteiger partial charge in [0.15, 0.2) is 5.11 Å². The minimum absolute atomic E-state index is 0.430. The molecule has 0 bridgehead atoms. The SMILES string of the molecule is CCCN1CCCc2cc(CN(C(=S)Nc3ccc(Cl)cc3OC)[C@@H]3CCCC[C@H]3C)ccc21. The fourth-order valence-electron chi connectivity index (χ4n) is 5.58. The molecule has 0 spiro atoms. The van der Waals surface area contributed by atoms with Crippen LogP contribution in [0.2, 0.25) is 5.02 Å². The molecule has 0 amide bonds. The van der Waals surface area contributed by atoms with Crippen molar-refractivity contribution in [1.29, 1.82) is 0 Å². The molecule has 4 nitrogen and oxygen atoms in total. The van der Waals surface area contributed by atoms with Crippen molar-refractivity contribution in [3.63, 3.8) is 0 Å². The third-order valence-electron chi connectivity index (χ3n) is 7.34. The molecule has 1 aliphatic carbocycles. The molecular weight excluding hydrogens is 462 g/mol. The van der Waals surface area contributed by atoms with Gasteiger partial charge < -0.3 is 19.9 Å². The molecule has 0 unspecified atom stereocenters. The smallest absolute Gasteiger partial charge is 0.174 e. The fraction of sp³-hybridized carbons (Fsp3) is 0.536. The van der Waals surface area contributed by atoms with E-state index >= 15 is 0 Å². The van der Waals surface area contributed by atoms with E-state index in [1.165, 1.54) is 61.9 Å². The van der Waals surface area contributed by atoms with Crippen LogP contribution in [0.3, 0.4) is 0 Å². The Morgan fingerprint density at radius 3 is 2.76 bits per heavy atom. The van der Waals surface area contributed by atoms with E-state index in [9.17, 15) is 0 Å². The van der Waals surface area contributed by atoms with Crippen molar-refractivity contribution in [3.8, 4) is 5.75 Å². The first kappa shape index (κ1) is 25.1. The lowest BCUT2D eigenvalue weighted by atomic mass is 9.84. The molecule has 34 heavy (non-hydrogen) atoms. The highest BCUT2D eigenvalue weighted by Gasteiger charge is 2.30. The zero-order valence-corrected chi connectivity index (χ0v) is 22.4. The zero-order chi connectivity index (χ0) is 24.1. The summed E-state index contributed by atoms with van der Waals surface area (Å²) >= 11 is 12.2. The second-order valence-corrected chi connectivity index (χ2v) is 10.6. The van der Waals surface area contributed by atoms with Gasteiger partial charge in [-0.25, -0.2) is 0 Å². The third kappa shape index (κ3) is 5.80. The van der Waals surface area contributed by atoms with Gasteiger partial charge in [0.25, 0.3) is 0 Å². The molecule has 6 heteroatoms. The third-order valence-corrected chi connectivity index (χ3v) is 7.91. The molecular formula is C28H38ClN3OS. The van der Waals surface area contributed by atoms with Crippen LogP contribution < -0.4 is 15.0 Å². The standard InChI is InChI=1S/C28H38ClN3OS/c1-4-15-31-16-7-9-22-17-21(11-14-26(22)31)19-32(25-10-6-5-8-20(25)2)28(34)30-24-13-12-23(29)18-27(24)33-3/h11-14,17-18,20,25H,4-10,15-16,19H2,1-3H3,(H,30,34)/t20-,25-/m1/s1. The molecule has 1 heterocycles. The summed E-state index contributed by atoms with van der Waals surface area (Å²) in [5, 5.41) is 4.88. The number of halogens is 1. The van der Waals surface area contributed by atoms with Gasteiger partial charge in [0.05, 0.1) is 12.8 Å². The first-order valence-corrected chi connectivity index (χ1v) is 13.6. The number of hydrogen-bond donors (Lipinski definition) is 1. The van der Waals surface area contributed by atoms with Gasteiger partial charge in [0.1, 0.15) is 5.75 Å². The normalized spacial score (nSPS) is 19.9. The molecule has 0 radical (unpaired) electrons. The maximum absolute atomic E-state index is 6.18. The van der Waals surface area contributed by atoms with Gasteiger partial charge in [0, 0.05) is 42.5 Å². The molecule has 1 fully saturated rings. The largest absolute Gasteiger partial charge is 0.495 e. The highest BCUT2D eigenvalue weighted by Crippen LogP contribution is 2.33. The minimum atomic E-state index is 0.430. The van der Waals surface area contributed by atoms with E-state index in [1.807, 2.05) is 18.2 Å². The lowest BCUT2D eigenvalue weighted by Crippen LogP contribution is -2.46. The first-order chi connectivity index (χ1) is 16.5. The van der Waals surface area contributed by atoms with Crippen molar-refractivity contribution >= 4 is 40.3 Å². The number of ether oxygens (including phenoxy) is 1. The molecule has 2 aromatic carbocycles.